The SMILES string of the molecule is O=C(NC[C@@H]1CCCC[C@H]1O)C(=O)Nc1cccc(Cl)c1F. The Kier molecular flexibility index (Phi) is 5.74. The van der Waals surface area contributed by atoms with Gasteiger partial charge in [-0.2, -0.15) is 0 Å². The molecule has 1 aliphatic rings. The summed E-state index contributed by atoms with van der Waals surface area (Å²) in [5, 5.41) is 14.3. The van der Waals surface area contributed by atoms with E-state index in [-0.39, 0.29) is 23.2 Å². The van der Waals surface area contributed by atoms with E-state index in [9.17, 15) is 19.1 Å². The Bertz CT molecular complexity index is 568. The first-order valence-electron chi connectivity index (χ1n) is 7.20. The number of hydrogen-bond acceptors (Lipinski definition) is 3. The van der Waals surface area contributed by atoms with Crippen LogP contribution in [0.2, 0.25) is 5.02 Å². The monoisotopic (exact) mass is 328 g/mol. The zero-order valence-corrected chi connectivity index (χ0v) is 12.7. The fraction of sp³-hybridized carbons (Fsp3) is 0.467. The molecule has 5 nitrogen and oxygen atoms in total. The van der Waals surface area contributed by atoms with Gasteiger partial charge in [-0.3, -0.25) is 9.59 Å². The van der Waals surface area contributed by atoms with Crippen molar-refractivity contribution >= 4 is 29.1 Å². The summed E-state index contributed by atoms with van der Waals surface area (Å²) in [6, 6.07) is 4.13. The van der Waals surface area contributed by atoms with Crippen LogP contribution < -0.4 is 10.6 Å². The predicted octanol–water partition coefficient (Wildman–Crippen LogP) is 2.08. The molecule has 0 aliphatic heterocycles. The van der Waals surface area contributed by atoms with Crippen LogP contribution in [0.3, 0.4) is 0 Å². The lowest BCUT2D eigenvalue weighted by Crippen LogP contribution is -2.41. The van der Waals surface area contributed by atoms with Gasteiger partial charge in [-0.1, -0.05) is 30.5 Å². The molecule has 0 spiro atoms. The summed E-state index contributed by atoms with van der Waals surface area (Å²) in [6.07, 6.45) is 3.03. The molecule has 2 atom stereocenters. The highest BCUT2D eigenvalue weighted by Crippen LogP contribution is 2.24. The second kappa shape index (κ2) is 7.56. The van der Waals surface area contributed by atoms with Crippen molar-refractivity contribution in [1.29, 1.82) is 0 Å². The molecule has 0 unspecified atom stereocenters. The number of carbonyl (C=O) groups excluding carboxylic acids is 2. The first-order valence-corrected chi connectivity index (χ1v) is 7.58. The van der Waals surface area contributed by atoms with Gasteiger partial charge in [-0.15, -0.1) is 0 Å². The molecular weight excluding hydrogens is 311 g/mol. The lowest BCUT2D eigenvalue weighted by molar-refractivity contribution is -0.136. The average molecular weight is 329 g/mol. The molecule has 0 radical (unpaired) electrons. The summed E-state index contributed by atoms with van der Waals surface area (Å²) in [4.78, 5) is 23.5. The molecule has 0 saturated heterocycles. The molecule has 2 rings (SSSR count). The quantitative estimate of drug-likeness (QED) is 0.743. The van der Waals surface area contributed by atoms with Crippen LogP contribution in [0.25, 0.3) is 0 Å². The molecule has 2 amide bonds. The van der Waals surface area contributed by atoms with Crippen LogP contribution in [0.5, 0.6) is 0 Å². The highest BCUT2D eigenvalue weighted by Gasteiger charge is 2.24. The van der Waals surface area contributed by atoms with Crippen molar-refractivity contribution in [3.63, 3.8) is 0 Å². The first kappa shape index (κ1) is 16.7. The van der Waals surface area contributed by atoms with E-state index in [4.69, 9.17) is 11.6 Å². The molecule has 0 aromatic heterocycles. The Morgan fingerprint density at radius 2 is 2.00 bits per heavy atom. The average Bonchev–Trinajstić information content (AvgIpc) is 2.50. The van der Waals surface area contributed by atoms with Crippen molar-refractivity contribution in [2.24, 2.45) is 5.92 Å². The lowest BCUT2D eigenvalue weighted by Gasteiger charge is -2.27. The van der Waals surface area contributed by atoms with E-state index in [1.165, 1.54) is 18.2 Å². The van der Waals surface area contributed by atoms with Crippen LogP contribution in [-0.2, 0) is 9.59 Å². The second-order valence-corrected chi connectivity index (χ2v) is 5.78. The summed E-state index contributed by atoms with van der Waals surface area (Å²) in [5.74, 6) is -2.66. The molecule has 1 aliphatic carbocycles. The number of rotatable bonds is 3. The number of anilines is 1. The van der Waals surface area contributed by atoms with E-state index in [1.54, 1.807) is 0 Å². The van der Waals surface area contributed by atoms with Crippen LogP contribution in [0.4, 0.5) is 10.1 Å². The van der Waals surface area contributed by atoms with Crippen molar-refractivity contribution in [2.45, 2.75) is 31.8 Å². The van der Waals surface area contributed by atoms with Gasteiger partial charge in [0.2, 0.25) is 0 Å². The van der Waals surface area contributed by atoms with Gasteiger partial charge in [0.05, 0.1) is 16.8 Å². The summed E-state index contributed by atoms with van der Waals surface area (Å²) in [6.45, 7) is 0.228. The maximum absolute atomic E-state index is 13.6. The minimum atomic E-state index is -0.966. The van der Waals surface area contributed by atoms with Crippen molar-refractivity contribution < 1.29 is 19.1 Å². The van der Waals surface area contributed by atoms with Crippen LogP contribution >= 0.6 is 11.6 Å². The van der Waals surface area contributed by atoms with Crippen molar-refractivity contribution in [3.8, 4) is 0 Å². The van der Waals surface area contributed by atoms with Gasteiger partial charge in [0.15, 0.2) is 5.82 Å². The van der Waals surface area contributed by atoms with E-state index in [0.717, 1.165) is 19.3 Å². The van der Waals surface area contributed by atoms with Gasteiger partial charge in [-0.25, -0.2) is 4.39 Å². The normalized spacial score (nSPS) is 21.2. The van der Waals surface area contributed by atoms with Gasteiger partial charge in [0, 0.05) is 12.5 Å². The molecular formula is C15H18ClFN2O3. The van der Waals surface area contributed by atoms with Crippen LogP contribution in [0.1, 0.15) is 25.7 Å². The largest absolute Gasteiger partial charge is 0.393 e. The Labute approximate surface area is 132 Å². The number of benzene rings is 1. The number of amides is 2. The third kappa shape index (κ3) is 4.18. The van der Waals surface area contributed by atoms with E-state index in [0.29, 0.717) is 6.42 Å². The number of hydrogen-bond donors (Lipinski definition) is 3. The number of halogens is 2. The van der Waals surface area contributed by atoms with E-state index < -0.39 is 23.7 Å². The van der Waals surface area contributed by atoms with Gasteiger partial charge < -0.3 is 15.7 Å². The van der Waals surface area contributed by atoms with E-state index in [1.807, 2.05) is 0 Å². The molecule has 22 heavy (non-hydrogen) atoms. The van der Waals surface area contributed by atoms with Gasteiger partial charge in [0.1, 0.15) is 0 Å². The third-order valence-electron chi connectivity index (χ3n) is 3.80. The Balaban J connectivity index is 1.87. The topological polar surface area (TPSA) is 78.4 Å². The first-order chi connectivity index (χ1) is 10.5. The summed E-state index contributed by atoms with van der Waals surface area (Å²) >= 11 is 5.60. The molecule has 1 fully saturated rings. The number of aliphatic hydroxyl groups excluding tert-OH is 1. The molecule has 3 N–H and O–H groups in total. The van der Waals surface area contributed by atoms with Gasteiger partial charge >= 0.3 is 11.8 Å². The maximum atomic E-state index is 13.6. The number of carbonyl (C=O) groups is 2. The van der Waals surface area contributed by atoms with Gasteiger partial charge in [0.25, 0.3) is 0 Å². The van der Waals surface area contributed by atoms with E-state index >= 15 is 0 Å². The van der Waals surface area contributed by atoms with E-state index in [2.05, 4.69) is 10.6 Å². The summed E-state index contributed by atoms with van der Waals surface area (Å²) < 4.78 is 13.6. The third-order valence-corrected chi connectivity index (χ3v) is 4.09. The molecule has 120 valence electrons. The van der Waals surface area contributed by atoms with Crippen molar-refractivity contribution in [1.82, 2.24) is 5.32 Å². The highest BCUT2D eigenvalue weighted by atomic mass is 35.5. The summed E-state index contributed by atoms with van der Waals surface area (Å²) in [5.41, 5.74) is -0.148. The zero-order chi connectivity index (χ0) is 16.1. The predicted molar refractivity (Wildman–Crippen MR) is 81.0 cm³/mol. The Morgan fingerprint density at radius 1 is 1.27 bits per heavy atom. The fourth-order valence-electron chi connectivity index (χ4n) is 2.51. The lowest BCUT2D eigenvalue weighted by atomic mass is 9.86. The molecule has 1 aromatic rings. The Hall–Kier alpha value is -1.66. The smallest absolute Gasteiger partial charge is 0.313 e. The molecule has 1 saturated carbocycles. The molecule has 0 bridgehead atoms. The van der Waals surface area contributed by atoms with Crippen LogP contribution in [0.15, 0.2) is 18.2 Å². The highest BCUT2D eigenvalue weighted by molar-refractivity contribution is 6.39. The number of nitrogens with one attached hydrogen (secondary N) is 2. The minimum absolute atomic E-state index is 0.0478. The van der Waals surface area contributed by atoms with Crippen molar-refractivity contribution in [2.75, 3.05) is 11.9 Å². The maximum Gasteiger partial charge on any atom is 0.313 e. The van der Waals surface area contributed by atoms with Crippen molar-refractivity contribution in [3.05, 3.63) is 29.0 Å². The standard InChI is InChI=1S/C15H18ClFN2O3/c16-10-5-3-6-11(13(10)17)19-15(22)14(21)18-8-9-4-1-2-7-12(9)20/h3,5-6,9,12,20H,1-2,4,7-8H2,(H,18,21)(H,19,22)/t9-,12+/m0/s1. The van der Waals surface area contributed by atoms with Gasteiger partial charge in [-0.05, 0) is 25.0 Å². The van der Waals surface area contributed by atoms with Crippen LogP contribution in [0, 0.1) is 11.7 Å². The van der Waals surface area contributed by atoms with Crippen LogP contribution in [-0.4, -0.2) is 29.6 Å². The molecule has 7 heteroatoms. The molecule has 1 aromatic carbocycles. The number of aliphatic hydroxyl groups is 1. The summed E-state index contributed by atoms with van der Waals surface area (Å²) in [7, 11) is 0. The Morgan fingerprint density at radius 3 is 2.73 bits per heavy atom. The molecule has 0 heterocycles. The minimum Gasteiger partial charge on any atom is -0.393 e. The fourth-order valence-corrected chi connectivity index (χ4v) is 2.68. The zero-order valence-electron chi connectivity index (χ0n) is 11.9. The second-order valence-electron chi connectivity index (χ2n) is 5.38.